The lowest BCUT2D eigenvalue weighted by molar-refractivity contribution is -0.0284. The molecule has 0 radical (unpaired) electrons. The van der Waals surface area contributed by atoms with E-state index in [-0.39, 0.29) is 6.61 Å². The van der Waals surface area contributed by atoms with Crippen LogP contribution in [0.4, 0.5) is 0 Å². The first-order valence-electron chi connectivity index (χ1n) is 6.74. The summed E-state index contributed by atoms with van der Waals surface area (Å²) in [6.07, 6.45) is 7.36. The molecule has 3 nitrogen and oxygen atoms in total. The van der Waals surface area contributed by atoms with Gasteiger partial charge in [0.25, 0.3) is 0 Å². The molecule has 16 heavy (non-hydrogen) atoms. The van der Waals surface area contributed by atoms with Gasteiger partial charge in [-0.3, -0.25) is 0 Å². The quantitative estimate of drug-likeness (QED) is 0.656. The van der Waals surface area contributed by atoms with E-state index in [1.54, 1.807) is 0 Å². The van der Waals surface area contributed by atoms with Gasteiger partial charge in [-0.25, -0.2) is 0 Å². The molecular formula is C13H27NO2. The van der Waals surface area contributed by atoms with Crippen LogP contribution >= 0.6 is 0 Å². The van der Waals surface area contributed by atoms with E-state index in [0.717, 1.165) is 18.9 Å². The summed E-state index contributed by atoms with van der Waals surface area (Å²) in [7, 11) is 0. The number of aliphatic hydroxyl groups is 1. The lowest BCUT2D eigenvalue weighted by atomic mass is 9.78. The van der Waals surface area contributed by atoms with Crippen LogP contribution in [0.1, 0.15) is 45.4 Å². The van der Waals surface area contributed by atoms with Crippen LogP contribution in [0.3, 0.4) is 0 Å². The van der Waals surface area contributed by atoms with Gasteiger partial charge in [0.15, 0.2) is 0 Å². The van der Waals surface area contributed by atoms with E-state index in [1.165, 1.54) is 32.1 Å². The molecule has 3 N–H and O–H groups in total. The highest BCUT2D eigenvalue weighted by molar-refractivity contribution is 4.81. The van der Waals surface area contributed by atoms with Gasteiger partial charge in [0.2, 0.25) is 0 Å². The molecule has 0 aromatic carbocycles. The zero-order chi connectivity index (χ0) is 11.8. The zero-order valence-corrected chi connectivity index (χ0v) is 10.5. The second-order valence-electron chi connectivity index (χ2n) is 4.95. The van der Waals surface area contributed by atoms with Crippen molar-refractivity contribution in [1.29, 1.82) is 0 Å². The molecule has 3 atom stereocenters. The Hall–Kier alpha value is -0.120. The molecule has 0 bridgehead atoms. The Kier molecular flexibility index (Phi) is 7.01. The molecular weight excluding hydrogens is 202 g/mol. The van der Waals surface area contributed by atoms with Crippen molar-refractivity contribution in [2.45, 2.75) is 51.6 Å². The molecule has 96 valence electrons. The van der Waals surface area contributed by atoms with Crippen LogP contribution in [0.5, 0.6) is 0 Å². The Morgan fingerprint density at radius 1 is 1.38 bits per heavy atom. The molecule has 1 fully saturated rings. The normalized spacial score (nSPS) is 30.6. The van der Waals surface area contributed by atoms with E-state index >= 15 is 0 Å². The fourth-order valence-corrected chi connectivity index (χ4v) is 2.72. The minimum absolute atomic E-state index is 0.221. The Labute approximate surface area is 99.4 Å². The van der Waals surface area contributed by atoms with Crippen molar-refractivity contribution >= 4 is 0 Å². The molecule has 3 unspecified atom stereocenters. The van der Waals surface area contributed by atoms with Crippen LogP contribution in [-0.2, 0) is 4.74 Å². The summed E-state index contributed by atoms with van der Waals surface area (Å²) in [5.74, 6) is 1.36. The van der Waals surface area contributed by atoms with Crippen molar-refractivity contribution in [2.75, 3.05) is 19.8 Å². The van der Waals surface area contributed by atoms with E-state index in [9.17, 15) is 0 Å². The van der Waals surface area contributed by atoms with E-state index in [1.807, 2.05) is 0 Å². The SMILES string of the molecule is CCCC1CCC(CN)C(OCCCO)C1. The van der Waals surface area contributed by atoms with Gasteiger partial charge in [0.1, 0.15) is 0 Å². The second-order valence-corrected chi connectivity index (χ2v) is 4.95. The summed E-state index contributed by atoms with van der Waals surface area (Å²) in [6.45, 7) is 3.88. The molecule has 0 aromatic rings. The summed E-state index contributed by atoms with van der Waals surface area (Å²) in [4.78, 5) is 0. The van der Waals surface area contributed by atoms with Gasteiger partial charge in [-0.1, -0.05) is 19.8 Å². The summed E-state index contributed by atoms with van der Waals surface area (Å²) in [6, 6.07) is 0. The maximum atomic E-state index is 8.75. The lowest BCUT2D eigenvalue weighted by Crippen LogP contribution is -2.36. The fourth-order valence-electron chi connectivity index (χ4n) is 2.72. The summed E-state index contributed by atoms with van der Waals surface area (Å²) >= 11 is 0. The van der Waals surface area contributed by atoms with E-state index in [0.29, 0.717) is 18.6 Å². The molecule has 0 saturated heterocycles. The Balaban J connectivity index is 2.34. The highest BCUT2D eigenvalue weighted by Crippen LogP contribution is 2.33. The summed E-state index contributed by atoms with van der Waals surface area (Å²) < 4.78 is 5.86. The maximum absolute atomic E-state index is 8.75. The number of aliphatic hydroxyl groups excluding tert-OH is 1. The molecule has 1 aliphatic carbocycles. The van der Waals surface area contributed by atoms with Gasteiger partial charge in [0.05, 0.1) is 6.10 Å². The summed E-state index contributed by atoms with van der Waals surface area (Å²) in [5, 5.41) is 8.75. The van der Waals surface area contributed by atoms with E-state index in [2.05, 4.69) is 6.92 Å². The second kappa shape index (κ2) is 8.04. The van der Waals surface area contributed by atoms with Gasteiger partial charge >= 0.3 is 0 Å². The third kappa shape index (κ3) is 4.40. The van der Waals surface area contributed by atoms with Crippen molar-refractivity contribution < 1.29 is 9.84 Å². The van der Waals surface area contributed by atoms with Crippen LogP contribution in [0, 0.1) is 11.8 Å². The van der Waals surface area contributed by atoms with Gasteiger partial charge in [-0.05, 0) is 44.1 Å². The molecule has 0 aliphatic heterocycles. The fraction of sp³-hybridized carbons (Fsp3) is 1.00. The molecule has 0 heterocycles. The van der Waals surface area contributed by atoms with Gasteiger partial charge in [-0.2, -0.15) is 0 Å². The molecule has 1 aliphatic rings. The number of rotatable bonds is 7. The van der Waals surface area contributed by atoms with Crippen LogP contribution in [0.2, 0.25) is 0 Å². The van der Waals surface area contributed by atoms with Gasteiger partial charge < -0.3 is 15.6 Å². The molecule has 1 rings (SSSR count). The first-order valence-corrected chi connectivity index (χ1v) is 6.74. The molecule has 3 heteroatoms. The first kappa shape index (κ1) is 13.9. The number of nitrogens with two attached hydrogens (primary N) is 1. The standard InChI is InChI=1S/C13H27NO2/c1-2-4-11-5-6-12(10-14)13(9-11)16-8-3-7-15/h11-13,15H,2-10,14H2,1H3. The zero-order valence-electron chi connectivity index (χ0n) is 10.5. The van der Waals surface area contributed by atoms with Crippen molar-refractivity contribution in [3.63, 3.8) is 0 Å². The van der Waals surface area contributed by atoms with Gasteiger partial charge in [0, 0.05) is 13.2 Å². The largest absolute Gasteiger partial charge is 0.396 e. The average molecular weight is 229 g/mol. The third-order valence-corrected chi connectivity index (χ3v) is 3.67. The predicted octanol–water partition coefficient (Wildman–Crippen LogP) is 1.93. The van der Waals surface area contributed by atoms with E-state index < -0.39 is 0 Å². The number of hydrogen-bond donors (Lipinski definition) is 2. The minimum Gasteiger partial charge on any atom is -0.396 e. The van der Waals surface area contributed by atoms with Crippen LogP contribution in [0.25, 0.3) is 0 Å². The highest BCUT2D eigenvalue weighted by atomic mass is 16.5. The third-order valence-electron chi connectivity index (χ3n) is 3.67. The van der Waals surface area contributed by atoms with Crippen molar-refractivity contribution in [3.8, 4) is 0 Å². The van der Waals surface area contributed by atoms with Crippen molar-refractivity contribution in [1.82, 2.24) is 0 Å². The van der Waals surface area contributed by atoms with Crippen molar-refractivity contribution in [3.05, 3.63) is 0 Å². The number of hydrogen-bond acceptors (Lipinski definition) is 3. The summed E-state index contributed by atoms with van der Waals surface area (Å²) in [5.41, 5.74) is 5.79. The smallest absolute Gasteiger partial charge is 0.0618 e. The Morgan fingerprint density at radius 2 is 2.19 bits per heavy atom. The monoisotopic (exact) mass is 229 g/mol. The molecule has 0 spiro atoms. The van der Waals surface area contributed by atoms with Crippen LogP contribution in [-0.4, -0.2) is 31.0 Å². The molecule has 0 aromatic heterocycles. The van der Waals surface area contributed by atoms with E-state index in [4.69, 9.17) is 15.6 Å². The predicted molar refractivity (Wildman–Crippen MR) is 66.2 cm³/mol. The number of ether oxygens (including phenoxy) is 1. The molecule has 0 amide bonds. The van der Waals surface area contributed by atoms with Crippen molar-refractivity contribution in [2.24, 2.45) is 17.6 Å². The van der Waals surface area contributed by atoms with Gasteiger partial charge in [-0.15, -0.1) is 0 Å². The topological polar surface area (TPSA) is 55.5 Å². The Morgan fingerprint density at radius 3 is 2.81 bits per heavy atom. The Bertz CT molecular complexity index is 175. The van der Waals surface area contributed by atoms with Crippen LogP contribution in [0.15, 0.2) is 0 Å². The average Bonchev–Trinajstić information content (AvgIpc) is 2.30. The lowest BCUT2D eigenvalue weighted by Gasteiger charge is -2.35. The minimum atomic E-state index is 0.221. The first-order chi connectivity index (χ1) is 7.81. The van der Waals surface area contributed by atoms with Crippen LogP contribution < -0.4 is 5.73 Å². The maximum Gasteiger partial charge on any atom is 0.0618 e. The molecule has 1 saturated carbocycles. The highest BCUT2D eigenvalue weighted by Gasteiger charge is 2.29.